The van der Waals surface area contributed by atoms with Crippen LogP contribution in [0.2, 0.25) is 0 Å². The van der Waals surface area contributed by atoms with Crippen molar-refractivity contribution in [2.24, 2.45) is 18.7 Å². The number of likely N-dealkylation sites (tertiary alicyclic amines) is 1. The van der Waals surface area contributed by atoms with Crippen molar-refractivity contribution in [2.45, 2.75) is 45.1 Å². The fourth-order valence-electron chi connectivity index (χ4n) is 2.76. The van der Waals surface area contributed by atoms with Crippen molar-refractivity contribution in [3.63, 3.8) is 0 Å². The molecular formula is C14H25N5O. The molecule has 0 aliphatic carbocycles. The van der Waals surface area contributed by atoms with Crippen LogP contribution in [0.15, 0.2) is 6.33 Å². The summed E-state index contributed by atoms with van der Waals surface area (Å²) < 4.78 is 1.94. The van der Waals surface area contributed by atoms with Crippen LogP contribution in [-0.2, 0) is 11.8 Å². The zero-order chi connectivity index (χ0) is 14.7. The summed E-state index contributed by atoms with van der Waals surface area (Å²) in [6.45, 7) is 5.61. The number of piperidine rings is 1. The summed E-state index contributed by atoms with van der Waals surface area (Å²) in [7, 11) is 1.95. The van der Waals surface area contributed by atoms with Crippen LogP contribution in [0.3, 0.4) is 0 Å². The van der Waals surface area contributed by atoms with Crippen molar-refractivity contribution in [3.8, 4) is 0 Å². The Labute approximate surface area is 120 Å². The second-order valence-electron chi connectivity index (χ2n) is 5.83. The Bertz CT molecular complexity index is 458. The molecule has 3 atom stereocenters. The molecule has 2 rings (SSSR count). The third kappa shape index (κ3) is 3.00. The van der Waals surface area contributed by atoms with Crippen molar-refractivity contribution < 1.29 is 4.79 Å². The molecule has 1 aromatic heterocycles. The first-order valence-corrected chi connectivity index (χ1v) is 7.42. The minimum atomic E-state index is -0.391. The second kappa shape index (κ2) is 6.35. The van der Waals surface area contributed by atoms with Crippen molar-refractivity contribution in [1.82, 2.24) is 19.7 Å². The molecule has 1 aliphatic heterocycles. The first-order chi connectivity index (χ1) is 9.54. The van der Waals surface area contributed by atoms with E-state index in [0.29, 0.717) is 6.54 Å². The third-order valence-corrected chi connectivity index (χ3v) is 4.39. The maximum Gasteiger partial charge on any atom is 0.239 e. The number of rotatable bonds is 4. The molecule has 1 aromatic rings. The highest BCUT2D eigenvalue weighted by Gasteiger charge is 2.31. The van der Waals surface area contributed by atoms with E-state index in [1.165, 1.54) is 0 Å². The van der Waals surface area contributed by atoms with E-state index in [1.54, 1.807) is 6.33 Å². The molecule has 1 amide bonds. The molecule has 2 heterocycles. The van der Waals surface area contributed by atoms with Gasteiger partial charge in [0.2, 0.25) is 5.91 Å². The Kier molecular flexibility index (Phi) is 4.75. The van der Waals surface area contributed by atoms with Crippen molar-refractivity contribution in [2.75, 3.05) is 13.1 Å². The molecular weight excluding hydrogens is 254 g/mol. The first kappa shape index (κ1) is 15.0. The Morgan fingerprint density at radius 1 is 1.60 bits per heavy atom. The Morgan fingerprint density at radius 3 is 2.95 bits per heavy atom. The van der Waals surface area contributed by atoms with Crippen LogP contribution in [0.1, 0.15) is 44.9 Å². The van der Waals surface area contributed by atoms with Gasteiger partial charge in [0.1, 0.15) is 12.2 Å². The lowest BCUT2D eigenvalue weighted by atomic mass is 9.94. The van der Waals surface area contributed by atoms with Gasteiger partial charge in [-0.1, -0.05) is 20.3 Å². The molecule has 6 nitrogen and oxygen atoms in total. The number of carbonyl (C=O) groups is 1. The van der Waals surface area contributed by atoms with Crippen LogP contribution in [0.25, 0.3) is 0 Å². The van der Waals surface area contributed by atoms with Crippen LogP contribution in [0.4, 0.5) is 0 Å². The summed E-state index contributed by atoms with van der Waals surface area (Å²) in [6, 6.07) is -0.391. The normalized spacial score (nSPS) is 22.6. The summed E-state index contributed by atoms with van der Waals surface area (Å²) in [5, 5.41) is 8.10. The van der Waals surface area contributed by atoms with E-state index in [4.69, 9.17) is 5.73 Å². The number of hydrogen-bond donors (Lipinski definition) is 1. The van der Waals surface area contributed by atoms with Crippen molar-refractivity contribution in [3.05, 3.63) is 12.2 Å². The lowest BCUT2D eigenvalue weighted by molar-refractivity contribution is -0.135. The second-order valence-corrected chi connectivity index (χ2v) is 5.83. The van der Waals surface area contributed by atoms with Crippen LogP contribution in [-0.4, -0.2) is 44.7 Å². The van der Waals surface area contributed by atoms with E-state index in [1.807, 2.05) is 23.4 Å². The molecule has 0 bridgehead atoms. The number of aryl methyl sites for hydroxylation is 1. The van der Waals surface area contributed by atoms with Crippen molar-refractivity contribution >= 4 is 5.91 Å². The predicted molar refractivity (Wildman–Crippen MR) is 77.0 cm³/mol. The van der Waals surface area contributed by atoms with Gasteiger partial charge in [0.05, 0.1) is 6.04 Å². The standard InChI is InChI=1S/C14H25N5O/c1-4-10(2)12(15)14(20)19-7-5-6-11(8-19)13-17-16-9-18(13)3/h9-12H,4-8,15H2,1-3H3. The quantitative estimate of drug-likeness (QED) is 0.888. The summed E-state index contributed by atoms with van der Waals surface area (Å²) in [5.41, 5.74) is 6.07. The molecule has 0 saturated carbocycles. The van der Waals surface area contributed by atoms with Gasteiger partial charge in [0, 0.05) is 26.1 Å². The molecule has 0 aromatic carbocycles. The molecule has 1 fully saturated rings. The predicted octanol–water partition coefficient (Wildman–Crippen LogP) is 0.894. The monoisotopic (exact) mass is 279 g/mol. The maximum absolute atomic E-state index is 12.5. The Hall–Kier alpha value is -1.43. The highest BCUT2D eigenvalue weighted by molar-refractivity contribution is 5.82. The Balaban J connectivity index is 2.04. The third-order valence-electron chi connectivity index (χ3n) is 4.39. The lowest BCUT2D eigenvalue weighted by Gasteiger charge is -2.34. The van der Waals surface area contributed by atoms with E-state index in [2.05, 4.69) is 17.1 Å². The first-order valence-electron chi connectivity index (χ1n) is 7.42. The number of nitrogens with zero attached hydrogens (tertiary/aromatic N) is 4. The van der Waals surface area contributed by atoms with Gasteiger partial charge in [-0.3, -0.25) is 4.79 Å². The topological polar surface area (TPSA) is 77.0 Å². The van der Waals surface area contributed by atoms with E-state index in [0.717, 1.165) is 31.6 Å². The SMILES string of the molecule is CCC(C)C(N)C(=O)N1CCCC(c2nncn2C)C1. The minimum Gasteiger partial charge on any atom is -0.341 e. The minimum absolute atomic E-state index is 0.0752. The molecule has 1 saturated heterocycles. The van der Waals surface area contributed by atoms with E-state index >= 15 is 0 Å². The van der Waals surface area contributed by atoms with Crippen LogP contribution in [0.5, 0.6) is 0 Å². The largest absolute Gasteiger partial charge is 0.341 e. The van der Waals surface area contributed by atoms with Gasteiger partial charge in [-0.15, -0.1) is 10.2 Å². The van der Waals surface area contributed by atoms with Gasteiger partial charge in [-0.05, 0) is 18.8 Å². The fourth-order valence-corrected chi connectivity index (χ4v) is 2.76. The zero-order valence-corrected chi connectivity index (χ0v) is 12.6. The summed E-state index contributed by atoms with van der Waals surface area (Å²) in [5.74, 6) is 1.52. The Morgan fingerprint density at radius 2 is 2.35 bits per heavy atom. The lowest BCUT2D eigenvalue weighted by Crippen LogP contribution is -2.50. The van der Waals surface area contributed by atoms with E-state index < -0.39 is 6.04 Å². The van der Waals surface area contributed by atoms with Gasteiger partial charge in [0.25, 0.3) is 0 Å². The van der Waals surface area contributed by atoms with Crippen LogP contribution in [0, 0.1) is 5.92 Å². The average molecular weight is 279 g/mol. The number of carbonyl (C=O) groups excluding carboxylic acids is 1. The maximum atomic E-state index is 12.5. The number of hydrogen-bond acceptors (Lipinski definition) is 4. The molecule has 3 unspecified atom stereocenters. The van der Waals surface area contributed by atoms with Gasteiger partial charge in [0.15, 0.2) is 0 Å². The van der Waals surface area contributed by atoms with E-state index in [-0.39, 0.29) is 17.7 Å². The smallest absolute Gasteiger partial charge is 0.239 e. The molecule has 1 aliphatic rings. The number of aromatic nitrogens is 3. The molecule has 0 radical (unpaired) electrons. The molecule has 6 heteroatoms. The summed E-state index contributed by atoms with van der Waals surface area (Å²) >= 11 is 0. The van der Waals surface area contributed by atoms with E-state index in [9.17, 15) is 4.79 Å². The van der Waals surface area contributed by atoms with Crippen molar-refractivity contribution in [1.29, 1.82) is 0 Å². The molecule has 112 valence electrons. The molecule has 20 heavy (non-hydrogen) atoms. The highest BCUT2D eigenvalue weighted by Crippen LogP contribution is 2.25. The van der Waals surface area contributed by atoms with Gasteiger partial charge < -0.3 is 15.2 Å². The van der Waals surface area contributed by atoms with Gasteiger partial charge in [-0.2, -0.15) is 0 Å². The molecule has 0 spiro atoms. The van der Waals surface area contributed by atoms with Crippen LogP contribution >= 0.6 is 0 Å². The summed E-state index contributed by atoms with van der Waals surface area (Å²) in [4.78, 5) is 14.4. The molecule has 2 N–H and O–H groups in total. The van der Waals surface area contributed by atoms with Gasteiger partial charge in [-0.25, -0.2) is 0 Å². The van der Waals surface area contributed by atoms with Crippen LogP contribution < -0.4 is 5.73 Å². The zero-order valence-electron chi connectivity index (χ0n) is 12.6. The summed E-state index contributed by atoms with van der Waals surface area (Å²) in [6.07, 6.45) is 4.68. The number of nitrogens with two attached hydrogens (primary N) is 1. The highest BCUT2D eigenvalue weighted by atomic mass is 16.2. The average Bonchev–Trinajstić information content (AvgIpc) is 2.91. The van der Waals surface area contributed by atoms with Gasteiger partial charge >= 0.3 is 0 Å². The number of amides is 1. The fraction of sp³-hybridized carbons (Fsp3) is 0.786.